The number of hydrogen-bond donors (Lipinski definition) is 2. The molecule has 3 aromatic rings. The van der Waals surface area contributed by atoms with Gasteiger partial charge in [-0.05, 0) is 37.1 Å². The van der Waals surface area contributed by atoms with Crippen LogP contribution in [0.3, 0.4) is 0 Å². The molecule has 1 spiro atoms. The first-order valence-corrected chi connectivity index (χ1v) is 15.7. The molecule has 1 aromatic carbocycles. The van der Waals surface area contributed by atoms with Gasteiger partial charge in [-0.3, -0.25) is 15.2 Å². The highest BCUT2D eigenvalue weighted by molar-refractivity contribution is 5.88. The van der Waals surface area contributed by atoms with Crippen molar-refractivity contribution in [2.45, 2.75) is 32.3 Å². The highest BCUT2D eigenvalue weighted by Crippen LogP contribution is 2.43. The number of rotatable bonds is 0. The molecule has 0 saturated carbocycles. The molecule has 252 valence electrons. The average molecular weight is 651 g/mol. The van der Waals surface area contributed by atoms with Gasteiger partial charge < -0.3 is 33.5 Å². The molecule has 1 fully saturated rings. The number of carbonyl (C=O) groups is 3. The van der Waals surface area contributed by atoms with Gasteiger partial charge >= 0.3 is 12.2 Å². The number of H-pyrrole nitrogens is 1. The van der Waals surface area contributed by atoms with Crippen LogP contribution < -0.4 is 5.32 Å². The van der Waals surface area contributed by atoms with E-state index < -0.39 is 17.8 Å². The molecule has 1 saturated heterocycles. The molecular weight excluding hydrogens is 608 g/mol. The second-order valence-electron chi connectivity index (χ2n) is 11.6. The van der Waals surface area contributed by atoms with E-state index >= 15 is 0 Å². The number of piperidine rings is 1. The smallest absolute Gasteiger partial charge is 0.413 e. The first-order valence-electron chi connectivity index (χ1n) is 15.7. The fraction of sp³-hybridized carbons (Fsp3) is 0.485. The van der Waals surface area contributed by atoms with Crippen LogP contribution in [0.25, 0.3) is 17.0 Å². The molecule has 14 nitrogen and oxygen atoms in total. The highest BCUT2D eigenvalue weighted by atomic mass is 16.6. The van der Waals surface area contributed by atoms with Crippen LogP contribution in [-0.4, -0.2) is 116 Å². The molecule has 14 heteroatoms. The van der Waals surface area contributed by atoms with Gasteiger partial charge in [-0.1, -0.05) is 23.8 Å². The van der Waals surface area contributed by atoms with Crippen LogP contribution in [0.5, 0.6) is 0 Å². The SMILES string of the molecule is CN1CCOCCOCCOC/C=C/c2cnc3c(c2)C2(CCN(CC2)C(=O)OCC1=O)OC(=O)N3.Cc1cc(C)c2[nH]ncc2c1. The van der Waals surface area contributed by atoms with Crippen molar-refractivity contribution in [2.75, 3.05) is 78.2 Å². The van der Waals surface area contributed by atoms with Crippen LogP contribution in [-0.2, 0) is 34.1 Å². The Kier molecular flexibility index (Phi) is 11.4. The second kappa shape index (κ2) is 15.8. The Morgan fingerprint density at radius 2 is 1.64 bits per heavy atom. The Balaban J connectivity index is 0.000000330. The first-order chi connectivity index (χ1) is 22.7. The Morgan fingerprint density at radius 1 is 0.894 bits per heavy atom. The molecule has 2 N–H and O–H groups in total. The van der Waals surface area contributed by atoms with Crippen molar-refractivity contribution in [3.8, 4) is 0 Å². The Labute approximate surface area is 273 Å². The monoisotopic (exact) mass is 650 g/mol. The summed E-state index contributed by atoms with van der Waals surface area (Å²) >= 11 is 0. The summed E-state index contributed by atoms with van der Waals surface area (Å²) < 4.78 is 27.5. The zero-order chi connectivity index (χ0) is 33.2. The summed E-state index contributed by atoms with van der Waals surface area (Å²) in [6.07, 6.45) is 6.91. The first kappa shape index (κ1) is 33.8. The van der Waals surface area contributed by atoms with Gasteiger partial charge in [-0.2, -0.15) is 5.10 Å². The minimum Gasteiger partial charge on any atom is -0.439 e. The third-order valence-corrected chi connectivity index (χ3v) is 8.21. The van der Waals surface area contributed by atoms with Gasteiger partial charge in [0.05, 0.1) is 51.4 Å². The molecule has 0 unspecified atom stereocenters. The summed E-state index contributed by atoms with van der Waals surface area (Å²) in [7, 11) is 1.63. The average Bonchev–Trinajstić information content (AvgIpc) is 3.53. The van der Waals surface area contributed by atoms with Gasteiger partial charge in [0, 0.05) is 56.7 Å². The number of likely N-dealkylation sites (N-methyl/N-ethyl adjacent to an activating group) is 1. The van der Waals surface area contributed by atoms with E-state index in [1.807, 2.05) is 24.4 Å². The lowest BCUT2D eigenvalue weighted by Crippen LogP contribution is -2.50. The number of aryl methyl sites for hydroxylation is 2. The van der Waals surface area contributed by atoms with Gasteiger partial charge in [-0.25, -0.2) is 14.6 Å². The number of nitrogens with one attached hydrogen (secondary N) is 2. The van der Waals surface area contributed by atoms with Gasteiger partial charge in [0.25, 0.3) is 5.91 Å². The molecule has 4 aliphatic heterocycles. The van der Waals surface area contributed by atoms with Crippen molar-refractivity contribution in [3.63, 3.8) is 0 Å². The topological polar surface area (TPSA) is 157 Å². The van der Waals surface area contributed by atoms with Crippen molar-refractivity contribution in [1.29, 1.82) is 0 Å². The van der Waals surface area contributed by atoms with E-state index in [0.29, 0.717) is 77.9 Å². The zero-order valence-electron chi connectivity index (χ0n) is 27.1. The molecule has 0 atom stereocenters. The number of pyridine rings is 1. The van der Waals surface area contributed by atoms with Crippen molar-refractivity contribution in [3.05, 3.63) is 58.9 Å². The Hall–Kier alpha value is -4.53. The van der Waals surface area contributed by atoms with Gasteiger partial charge in [0.1, 0.15) is 11.4 Å². The van der Waals surface area contributed by atoms with Crippen LogP contribution in [0.1, 0.15) is 35.1 Å². The van der Waals surface area contributed by atoms with Crippen molar-refractivity contribution >= 4 is 40.9 Å². The van der Waals surface area contributed by atoms with E-state index in [1.165, 1.54) is 26.3 Å². The number of ether oxygens (including phenoxy) is 5. The maximum absolute atomic E-state index is 12.6. The molecule has 6 heterocycles. The molecule has 4 bridgehead atoms. The summed E-state index contributed by atoms with van der Waals surface area (Å²) in [6, 6.07) is 6.22. The van der Waals surface area contributed by atoms with Crippen LogP contribution in [0.2, 0.25) is 0 Å². The number of nitrogens with zero attached hydrogens (tertiary/aromatic N) is 4. The number of benzene rings is 1. The lowest BCUT2D eigenvalue weighted by Gasteiger charge is -2.43. The number of aromatic amines is 1. The summed E-state index contributed by atoms with van der Waals surface area (Å²) in [6.45, 7) is 7.28. The van der Waals surface area contributed by atoms with Crippen molar-refractivity contribution in [1.82, 2.24) is 25.0 Å². The van der Waals surface area contributed by atoms with Gasteiger partial charge in [0.15, 0.2) is 6.61 Å². The van der Waals surface area contributed by atoms with Crippen LogP contribution >= 0.6 is 0 Å². The predicted molar refractivity (Wildman–Crippen MR) is 173 cm³/mol. The fourth-order valence-electron chi connectivity index (χ4n) is 5.64. The molecular formula is C33H42N6O8. The molecule has 2 aromatic heterocycles. The molecule has 0 radical (unpaired) electrons. The molecule has 0 aliphatic carbocycles. The predicted octanol–water partition coefficient (Wildman–Crippen LogP) is 3.79. The summed E-state index contributed by atoms with van der Waals surface area (Å²) in [5.74, 6) is 0.128. The lowest BCUT2D eigenvalue weighted by atomic mass is 9.83. The highest BCUT2D eigenvalue weighted by Gasteiger charge is 2.46. The minimum absolute atomic E-state index is 0.305. The minimum atomic E-state index is -0.900. The van der Waals surface area contributed by atoms with E-state index in [4.69, 9.17) is 23.7 Å². The van der Waals surface area contributed by atoms with E-state index in [9.17, 15) is 14.4 Å². The van der Waals surface area contributed by atoms with Crippen molar-refractivity contribution < 1.29 is 38.1 Å². The standard InChI is InChI=1S/C24H32N4O8.C9H10N2/c1-27-8-10-33-12-14-34-13-11-32-9-2-3-18-15-19-21(25-16-18)26-22(30)36-24(19)4-6-28(7-5-24)23(31)35-17-20(27)29;1-6-3-7(2)9-8(4-6)5-10-11-9/h2-3,15-16H,4-14,17H2,1H3,(H,25,26,30);3-5H,1-2H3,(H,10,11)/b3-2+;. The third kappa shape index (κ3) is 8.84. The molecule has 47 heavy (non-hydrogen) atoms. The summed E-state index contributed by atoms with van der Waals surface area (Å²) in [5, 5.41) is 10.8. The Bertz CT molecular complexity index is 1580. The summed E-state index contributed by atoms with van der Waals surface area (Å²) in [5.41, 5.74) is 4.40. The number of hydrogen-bond acceptors (Lipinski definition) is 10. The van der Waals surface area contributed by atoms with Crippen molar-refractivity contribution in [2.24, 2.45) is 0 Å². The van der Waals surface area contributed by atoms with E-state index in [0.717, 1.165) is 16.6 Å². The van der Waals surface area contributed by atoms with E-state index in [2.05, 4.69) is 46.5 Å². The fourth-order valence-corrected chi connectivity index (χ4v) is 5.64. The molecule has 7 rings (SSSR count). The van der Waals surface area contributed by atoms with E-state index in [-0.39, 0.29) is 12.5 Å². The number of anilines is 1. The second-order valence-corrected chi connectivity index (χ2v) is 11.6. The number of fused-ring (bicyclic) bond motifs is 18. The summed E-state index contributed by atoms with van der Waals surface area (Å²) in [4.78, 5) is 44.5. The van der Waals surface area contributed by atoms with E-state index in [1.54, 1.807) is 13.2 Å². The maximum atomic E-state index is 12.6. The number of amides is 3. The third-order valence-electron chi connectivity index (χ3n) is 8.21. The largest absolute Gasteiger partial charge is 0.439 e. The number of aromatic nitrogens is 3. The molecule has 3 amide bonds. The van der Waals surface area contributed by atoms with Gasteiger partial charge in [-0.15, -0.1) is 0 Å². The van der Waals surface area contributed by atoms with Gasteiger partial charge in [0.2, 0.25) is 0 Å². The molecule has 4 aliphatic rings. The quantitative estimate of drug-likeness (QED) is 0.343. The van der Waals surface area contributed by atoms with Crippen LogP contribution in [0, 0.1) is 13.8 Å². The Morgan fingerprint density at radius 3 is 2.43 bits per heavy atom. The van der Waals surface area contributed by atoms with Crippen LogP contribution in [0.4, 0.5) is 15.4 Å². The van der Waals surface area contributed by atoms with Crippen LogP contribution in [0.15, 0.2) is 36.7 Å². The normalized spacial score (nSPS) is 20.3. The zero-order valence-corrected chi connectivity index (χ0v) is 27.1. The number of carbonyl (C=O) groups excluding carboxylic acids is 3. The maximum Gasteiger partial charge on any atom is 0.413 e. The lowest BCUT2D eigenvalue weighted by molar-refractivity contribution is -0.134.